The van der Waals surface area contributed by atoms with E-state index in [4.69, 9.17) is 0 Å². The van der Waals surface area contributed by atoms with Crippen LogP contribution < -0.4 is 10.6 Å². The molecule has 1 aliphatic heterocycles. The zero-order valence-corrected chi connectivity index (χ0v) is 17.2. The van der Waals surface area contributed by atoms with Crippen LogP contribution in [0.4, 0.5) is 18.9 Å². The molecule has 0 saturated carbocycles. The fraction of sp³-hybridized carbons (Fsp3) is 0.150. The summed E-state index contributed by atoms with van der Waals surface area (Å²) in [6.07, 6.45) is -1.39. The van der Waals surface area contributed by atoms with E-state index < -0.39 is 17.1 Å². The molecule has 30 heavy (non-hydrogen) atoms. The number of hydrogen-bond donors (Lipinski definition) is 2. The average Bonchev–Trinajstić information content (AvgIpc) is 3.17. The molecule has 0 aliphatic carbocycles. The fourth-order valence-corrected chi connectivity index (χ4v) is 5.50. The first-order valence-electron chi connectivity index (χ1n) is 8.74. The lowest BCUT2D eigenvalue weighted by Gasteiger charge is -2.08. The number of amides is 2. The normalized spacial score (nSPS) is 15.6. The molecule has 0 bridgehead atoms. The van der Waals surface area contributed by atoms with Gasteiger partial charge in [0.1, 0.15) is 6.26 Å². The van der Waals surface area contributed by atoms with Crippen molar-refractivity contribution in [2.24, 2.45) is 0 Å². The Bertz CT molecular complexity index is 1140. The molecule has 2 amide bonds. The number of aromatic nitrogens is 1. The van der Waals surface area contributed by atoms with Crippen LogP contribution in [-0.2, 0) is 23.6 Å². The number of carbonyl (C=O) groups is 2. The van der Waals surface area contributed by atoms with Crippen molar-refractivity contribution in [3.05, 3.63) is 69.7 Å². The number of halogens is 3. The van der Waals surface area contributed by atoms with Crippen molar-refractivity contribution in [2.75, 3.05) is 11.6 Å². The van der Waals surface area contributed by atoms with Crippen molar-refractivity contribution >= 4 is 39.7 Å². The first-order valence-corrected chi connectivity index (χ1v) is 11.2. The highest BCUT2D eigenvalue weighted by Gasteiger charge is 2.35. The van der Waals surface area contributed by atoms with E-state index in [0.29, 0.717) is 33.0 Å². The van der Waals surface area contributed by atoms with Gasteiger partial charge < -0.3 is 10.6 Å². The number of nitrogens with one attached hydrogen (secondary N) is 2. The summed E-state index contributed by atoms with van der Waals surface area (Å²) in [7, 11) is -0.367. The molecule has 0 saturated heterocycles. The molecular weight excluding hydrogens is 435 g/mol. The fourth-order valence-electron chi connectivity index (χ4n) is 3.05. The van der Waals surface area contributed by atoms with Gasteiger partial charge in [-0.15, -0.1) is 11.3 Å². The van der Waals surface area contributed by atoms with E-state index in [-0.39, 0.29) is 23.3 Å². The number of anilines is 1. The number of hydrogen-bond acceptors (Lipinski definition) is 4. The van der Waals surface area contributed by atoms with Crippen molar-refractivity contribution in [1.29, 1.82) is 0 Å². The van der Waals surface area contributed by atoms with Crippen LogP contribution in [-0.4, -0.2) is 23.1 Å². The Balaban J connectivity index is 1.53. The van der Waals surface area contributed by atoms with Gasteiger partial charge >= 0.3 is 6.18 Å². The molecule has 2 heterocycles. The molecule has 1 unspecified atom stereocenters. The molecule has 10 heteroatoms. The number of carbonyl (C=O) groups excluding carboxylic acids is 2. The van der Waals surface area contributed by atoms with Crippen molar-refractivity contribution in [3.8, 4) is 0 Å². The second-order valence-electron chi connectivity index (χ2n) is 6.48. The topological polar surface area (TPSA) is 71.1 Å². The van der Waals surface area contributed by atoms with E-state index in [2.05, 4.69) is 15.6 Å². The number of rotatable bonds is 3. The lowest BCUT2D eigenvalue weighted by molar-refractivity contribution is -0.137. The highest BCUT2D eigenvalue weighted by atomic mass is 32.2. The molecule has 1 aliphatic rings. The van der Waals surface area contributed by atoms with Gasteiger partial charge in [0.25, 0.3) is 11.8 Å². The van der Waals surface area contributed by atoms with Crippen molar-refractivity contribution in [1.82, 2.24) is 10.3 Å². The van der Waals surface area contributed by atoms with Gasteiger partial charge in [-0.25, -0.2) is 4.98 Å². The Morgan fingerprint density at radius 3 is 2.70 bits per heavy atom. The van der Waals surface area contributed by atoms with Gasteiger partial charge in [0.05, 0.1) is 28.7 Å². The minimum Gasteiger partial charge on any atom is -0.347 e. The molecule has 4 rings (SSSR count). The first-order chi connectivity index (χ1) is 14.2. The van der Waals surface area contributed by atoms with Gasteiger partial charge in [-0.05, 0) is 30.3 Å². The van der Waals surface area contributed by atoms with Gasteiger partial charge in [-0.3, -0.25) is 9.59 Å². The maximum Gasteiger partial charge on any atom is 0.443 e. The summed E-state index contributed by atoms with van der Waals surface area (Å²) in [5.74, 6) is -0.697. The quantitative estimate of drug-likeness (QED) is 0.584. The van der Waals surface area contributed by atoms with Crippen LogP contribution in [0.5, 0.6) is 0 Å². The van der Waals surface area contributed by atoms with Crippen molar-refractivity contribution in [2.45, 2.75) is 22.5 Å². The molecule has 1 atom stereocenters. The maximum absolute atomic E-state index is 12.6. The van der Waals surface area contributed by atoms with Crippen LogP contribution in [0.2, 0.25) is 0 Å². The van der Waals surface area contributed by atoms with E-state index >= 15 is 0 Å². The zero-order chi connectivity index (χ0) is 21.5. The van der Waals surface area contributed by atoms with E-state index in [1.165, 1.54) is 0 Å². The minimum atomic E-state index is -4.50. The molecule has 3 aromatic rings. The SMILES string of the molecule is C[S+]1c2ccc(C(=O)NCc3cnc(C(F)(F)F)s3)cc2NC(=O)c2ccccc21. The zero-order valence-electron chi connectivity index (χ0n) is 15.5. The summed E-state index contributed by atoms with van der Waals surface area (Å²) in [6.45, 7) is -0.0698. The molecule has 154 valence electrons. The molecule has 0 fully saturated rings. The van der Waals surface area contributed by atoms with E-state index in [1.807, 2.05) is 18.4 Å². The molecule has 1 aromatic heterocycles. The lowest BCUT2D eigenvalue weighted by atomic mass is 10.1. The highest BCUT2D eigenvalue weighted by Crippen LogP contribution is 2.35. The number of benzene rings is 2. The number of thiazole rings is 1. The summed E-state index contributed by atoms with van der Waals surface area (Å²) < 4.78 is 37.9. The number of alkyl halides is 3. The van der Waals surface area contributed by atoms with Crippen LogP contribution in [0.15, 0.2) is 58.5 Å². The monoisotopic (exact) mass is 450 g/mol. The Morgan fingerprint density at radius 2 is 1.97 bits per heavy atom. The van der Waals surface area contributed by atoms with Crippen LogP contribution in [0.3, 0.4) is 0 Å². The van der Waals surface area contributed by atoms with Crippen molar-refractivity contribution in [3.63, 3.8) is 0 Å². The summed E-state index contributed by atoms with van der Waals surface area (Å²) in [6, 6.07) is 12.4. The predicted molar refractivity (Wildman–Crippen MR) is 109 cm³/mol. The van der Waals surface area contributed by atoms with Gasteiger partial charge in [0.2, 0.25) is 0 Å². The summed E-state index contributed by atoms with van der Waals surface area (Å²) in [4.78, 5) is 30.6. The molecule has 2 aromatic carbocycles. The highest BCUT2D eigenvalue weighted by molar-refractivity contribution is 7.96. The standard InChI is InChI=1S/C20H14F3N3O2S2/c1-30-15-5-3-2-4-13(15)18(28)26-14-8-11(6-7-16(14)30)17(27)24-9-12-10-25-19(29-12)20(21,22)23/h2-8,10H,9H2,1H3,(H-,24,26,27,28)/p+1. The van der Waals surface area contributed by atoms with Crippen LogP contribution >= 0.6 is 11.3 Å². The maximum atomic E-state index is 12.6. The van der Waals surface area contributed by atoms with E-state index in [1.54, 1.807) is 30.3 Å². The van der Waals surface area contributed by atoms with Crippen LogP contribution in [0.1, 0.15) is 30.6 Å². The van der Waals surface area contributed by atoms with E-state index in [9.17, 15) is 22.8 Å². The molecule has 5 nitrogen and oxygen atoms in total. The molecule has 0 radical (unpaired) electrons. The van der Waals surface area contributed by atoms with Gasteiger partial charge in [0, 0.05) is 16.6 Å². The molecule has 2 N–H and O–H groups in total. The minimum absolute atomic E-state index is 0.0698. The molecular formula is C20H15F3N3O2S2+. The Hall–Kier alpha value is -2.85. The van der Waals surface area contributed by atoms with Gasteiger partial charge in [-0.2, -0.15) is 13.2 Å². The smallest absolute Gasteiger partial charge is 0.347 e. The van der Waals surface area contributed by atoms with Gasteiger partial charge in [0.15, 0.2) is 14.8 Å². The van der Waals surface area contributed by atoms with Crippen LogP contribution in [0, 0.1) is 0 Å². The average molecular weight is 450 g/mol. The second-order valence-corrected chi connectivity index (χ2v) is 9.50. The Kier molecular flexibility index (Phi) is 5.29. The number of nitrogens with zero attached hydrogens (tertiary/aromatic N) is 1. The second kappa shape index (κ2) is 7.77. The predicted octanol–water partition coefficient (Wildman–Crippen LogP) is 4.32. The third-order valence-electron chi connectivity index (χ3n) is 4.50. The first kappa shape index (κ1) is 20.4. The Labute approximate surface area is 176 Å². The van der Waals surface area contributed by atoms with Crippen LogP contribution in [0.25, 0.3) is 0 Å². The summed E-state index contributed by atoms with van der Waals surface area (Å²) >= 11 is 0.489. The summed E-state index contributed by atoms with van der Waals surface area (Å²) in [5, 5.41) is 4.50. The Morgan fingerprint density at radius 1 is 1.20 bits per heavy atom. The van der Waals surface area contributed by atoms with E-state index in [0.717, 1.165) is 16.0 Å². The largest absolute Gasteiger partial charge is 0.443 e. The number of fused-ring (bicyclic) bond motifs is 2. The third-order valence-corrected chi connectivity index (χ3v) is 7.57. The summed E-state index contributed by atoms with van der Waals surface area (Å²) in [5.41, 5.74) is 1.44. The van der Waals surface area contributed by atoms with Gasteiger partial charge in [-0.1, -0.05) is 12.1 Å². The van der Waals surface area contributed by atoms with Crippen molar-refractivity contribution < 1.29 is 22.8 Å². The molecule has 0 spiro atoms. The lowest BCUT2D eigenvalue weighted by Crippen LogP contribution is -2.22. The third kappa shape index (κ3) is 3.92.